The van der Waals surface area contributed by atoms with E-state index in [4.69, 9.17) is 22.1 Å². The molecule has 21 aromatic rings. The normalized spacial score (nSPS) is 9.92. The number of pyridine rings is 7. The molecule has 0 N–H and O–H groups in total. The van der Waals surface area contributed by atoms with Gasteiger partial charge in [0.15, 0.2) is 0 Å². The summed E-state index contributed by atoms with van der Waals surface area (Å²) in [5.41, 5.74) is 10.7. The number of aromatic nitrogens is 9. The molecule has 0 fully saturated rings. The van der Waals surface area contributed by atoms with Crippen molar-refractivity contribution in [2.24, 2.45) is 0 Å². The molecule has 0 spiro atoms. The molecule has 21 rings (SSSR count). The average Bonchev–Trinajstić information content (AvgIpc) is 0.966. The van der Waals surface area contributed by atoms with E-state index in [9.17, 15) is 24.0 Å². The van der Waals surface area contributed by atoms with E-state index < -0.39 is 28.1 Å². The Labute approximate surface area is 783 Å². The molecule has 0 aliphatic heterocycles. The number of nitrogens with zero attached hydrogens (tertiary/aromatic N) is 9. The molecular formula is C101H63Ir5N9O10-8. The molecule has 0 saturated heterocycles. The van der Waals surface area contributed by atoms with E-state index in [1.807, 2.05) is 243 Å². The summed E-state index contributed by atoms with van der Waals surface area (Å²) in [4.78, 5) is 88.0. The quantitative estimate of drug-likeness (QED) is 0.101. The second-order valence-corrected chi connectivity index (χ2v) is 25.2. The SMILES string of the molecule is O=c1oc2ccccc2[c-]c1-c1ccccn1.O=c1oc2ccccc2[c-]c1-c1ccccn1.O=c1oc2ccccc2[c-]c1-c1ccccn1.O=c1oc2ccccc2[c-]c1-c1ccccn1.O=c1oc2ccccc2[c-]c1-n1cccn1.[Ir].[Ir].[Ir].[Ir].[Ir].[c-]1ccccc1-c1ccccn1.[c-]1ccccc1-c1ccccn1.[c-]1ccccc1-c1ccccn1. The molecule has 0 bridgehead atoms. The summed E-state index contributed by atoms with van der Waals surface area (Å²) in [5.74, 6) is 0. The molecule has 5 radical (unpaired) electrons. The molecule has 0 amide bonds. The van der Waals surface area contributed by atoms with Crippen LogP contribution in [0, 0.1) is 48.5 Å². The van der Waals surface area contributed by atoms with Gasteiger partial charge in [0, 0.05) is 185 Å². The zero-order valence-electron chi connectivity index (χ0n) is 65.1. The number of fused-ring (bicyclic) bond motifs is 5. The molecule has 19 nitrogen and oxygen atoms in total. The summed E-state index contributed by atoms with van der Waals surface area (Å²) in [6, 6.07) is 125. The maximum atomic E-state index is 11.8. The van der Waals surface area contributed by atoms with Crippen LogP contribution in [0.15, 0.2) is 429 Å². The van der Waals surface area contributed by atoms with Crippen molar-refractivity contribution in [3.63, 3.8) is 0 Å². The third-order valence-corrected chi connectivity index (χ3v) is 17.1. The minimum atomic E-state index is -0.442. The first-order valence-electron chi connectivity index (χ1n) is 37.2. The monoisotopic (exact) mass is 2530 g/mol. The minimum absolute atomic E-state index is 0. The molecule has 13 aromatic heterocycles. The molecule has 0 unspecified atom stereocenters. The first kappa shape index (κ1) is 95.2. The molecule has 0 aliphatic rings. The van der Waals surface area contributed by atoms with Crippen LogP contribution in [0.3, 0.4) is 0 Å². The average molecular weight is 2520 g/mol. The number of para-hydroxylation sites is 5. The third-order valence-electron chi connectivity index (χ3n) is 17.1. The summed E-state index contributed by atoms with van der Waals surface area (Å²) in [6.45, 7) is 0. The van der Waals surface area contributed by atoms with E-state index in [1.54, 1.807) is 141 Å². The van der Waals surface area contributed by atoms with Crippen molar-refractivity contribution < 1.29 is 123 Å². The number of rotatable bonds is 8. The molecule has 24 heteroatoms. The summed E-state index contributed by atoms with van der Waals surface area (Å²) in [6.07, 6.45) is 15.2. The fourth-order valence-corrected chi connectivity index (χ4v) is 11.5. The Morgan fingerprint density at radius 2 is 0.440 bits per heavy atom. The van der Waals surface area contributed by atoms with E-state index in [1.165, 1.54) is 4.68 Å². The van der Waals surface area contributed by atoms with Crippen molar-refractivity contribution in [1.82, 2.24) is 44.7 Å². The molecule has 13 heterocycles. The van der Waals surface area contributed by atoms with Crippen molar-refractivity contribution >= 4 is 54.8 Å². The summed E-state index contributed by atoms with van der Waals surface area (Å²) in [5, 5.41) is 7.82. The Balaban J connectivity index is 0.000000161. The van der Waals surface area contributed by atoms with Gasteiger partial charge in [0.2, 0.25) is 0 Å². The standard InChI is InChI=1S/4C14H8NO2.C12H7N2O2.3C11H8N.5Ir/c4*16-14-11(12-6-3-4-8-15-12)9-10-5-1-2-7-13(10)17-14;15-12-10(14-7-3-6-13-14)8-9-4-1-2-5-11(9)16-12;3*1-2-6-10(7-3-1)11-8-4-5-9-12-11;;;;;/h4*1-8H;1-7H;3*1-6,8-9H;;;;;/q8*-1;;;;;. The fourth-order valence-electron chi connectivity index (χ4n) is 11.5. The predicted octanol–water partition coefficient (Wildman–Crippen LogP) is 20.0. The van der Waals surface area contributed by atoms with Gasteiger partial charge in [-0.05, 0) is 87.9 Å². The zero-order chi connectivity index (χ0) is 82.3. The van der Waals surface area contributed by atoms with Crippen LogP contribution in [0.25, 0.3) is 139 Å². The Morgan fingerprint density at radius 3 is 0.664 bits per heavy atom. The van der Waals surface area contributed by atoms with E-state index in [0.29, 0.717) is 78.6 Å². The predicted molar refractivity (Wildman–Crippen MR) is 462 cm³/mol. The topological polar surface area (TPSA) is 259 Å². The van der Waals surface area contributed by atoms with Crippen LogP contribution in [0.5, 0.6) is 0 Å². The molecular weight excluding hydrogens is 2460 g/mol. The van der Waals surface area contributed by atoms with Crippen LogP contribution in [0.4, 0.5) is 0 Å². The van der Waals surface area contributed by atoms with Gasteiger partial charge in [-0.2, -0.15) is 5.10 Å². The Bertz CT molecular complexity index is 6350. The van der Waals surface area contributed by atoms with Crippen LogP contribution in [0.2, 0.25) is 0 Å². The second kappa shape index (κ2) is 49.4. The van der Waals surface area contributed by atoms with E-state index in [2.05, 4.69) is 88.5 Å². The van der Waals surface area contributed by atoms with Crippen LogP contribution in [0.1, 0.15) is 0 Å². The molecule has 0 saturated carbocycles. The smallest absolute Gasteiger partial charge is 0.274 e. The van der Waals surface area contributed by atoms with Crippen molar-refractivity contribution in [3.05, 3.63) is 484 Å². The molecule has 625 valence electrons. The number of benzene rings is 8. The molecule has 8 aromatic carbocycles. The maximum absolute atomic E-state index is 11.8. The molecule has 0 atom stereocenters. The third kappa shape index (κ3) is 26.7. The number of hydrogen-bond donors (Lipinski definition) is 0. The van der Waals surface area contributed by atoms with E-state index in [0.717, 1.165) is 60.7 Å². The molecule has 0 aliphatic carbocycles. The van der Waals surface area contributed by atoms with Gasteiger partial charge in [0.1, 0.15) is 0 Å². The second-order valence-electron chi connectivity index (χ2n) is 25.2. The minimum Gasteiger partial charge on any atom is -0.513 e. The van der Waals surface area contributed by atoms with Gasteiger partial charge in [-0.1, -0.05) is 191 Å². The Hall–Kier alpha value is -13.7. The van der Waals surface area contributed by atoms with Gasteiger partial charge in [0.05, 0.1) is 28.0 Å². The van der Waals surface area contributed by atoms with Gasteiger partial charge in [-0.3, -0.25) is 43.8 Å². The first-order valence-corrected chi connectivity index (χ1v) is 37.2. The van der Waals surface area contributed by atoms with Gasteiger partial charge < -0.3 is 41.8 Å². The van der Waals surface area contributed by atoms with Crippen LogP contribution in [-0.2, 0) is 101 Å². The van der Waals surface area contributed by atoms with Crippen molar-refractivity contribution in [1.29, 1.82) is 0 Å². The van der Waals surface area contributed by atoms with Gasteiger partial charge >= 0.3 is 0 Å². The van der Waals surface area contributed by atoms with Gasteiger partial charge in [-0.15, -0.1) is 180 Å². The molecule has 125 heavy (non-hydrogen) atoms. The fraction of sp³-hybridized carbons (Fsp3) is 0. The van der Waals surface area contributed by atoms with Gasteiger partial charge in [-0.25, -0.2) is 0 Å². The maximum Gasteiger partial charge on any atom is 0.274 e. The van der Waals surface area contributed by atoms with Gasteiger partial charge in [0.25, 0.3) is 28.1 Å². The number of hydrogen-bond acceptors (Lipinski definition) is 18. The van der Waals surface area contributed by atoms with Crippen molar-refractivity contribution in [2.45, 2.75) is 0 Å². The summed E-state index contributed by atoms with van der Waals surface area (Å²) in [7, 11) is 0. The van der Waals surface area contributed by atoms with Crippen molar-refractivity contribution in [2.75, 3.05) is 0 Å². The Morgan fingerprint density at radius 1 is 0.216 bits per heavy atom. The first-order chi connectivity index (χ1) is 59.1. The largest absolute Gasteiger partial charge is 0.513 e. The van der Waals surface area contributed by atoms with E-state index in [-0.39, 0.29) is 101 Å². The zero-order valence-corrected chi connectivity index (χ0v) is 77.1. The van der Waals surface area contributed by atoms with E-state index >= 15 is 0 Å². The van der Waals surface area contributed by atoms with Crippen LogP contribution >= 0.6 is 0 Å². The van der Waals surface area contributed by atoms with Crippen LogP contribution < -0.4 is 28.1 Å². The Kier molecular flexibility index (Phi) is 37.6. The van der Waals surface area contributed by atoms with Crippen LogP contribution in [-0.4, -0.2) is 44.7 Å². The van der Waals surface area contributed by atoms with Crippen molar-refractivity contribution in [3.8, 4) is 84.5 Å². The summed E-state index contributed by atoms with van der Waals surface area (Å²) >= 11 is 0. The summed E-state index contributed by atoms with van der Waals surface area (Å²) < 4.78 is 27.5.